The van der Waals surface area contributed by atoms with Gasteiger partial charge in [-0.05, 0) is 49.9 Å². The Balaban J connectivity index is 1.64. The molecule has 3 aromatic rings. The summed E-state index contributed by atoms with van der Waals surface area (Å²) in [5, 5.41) is 6.56. The highest BCUT2D eigenvalue weighted by Crippen LogP contribution is 2.33. The van der Waals surface area contributed by atoms with Crippen LogP contribution in [0.4, 0.5) is 18.9 Å². The molecule has 0 saturated carbocycles. The van der Waals surface area contributed by atoms with Crippen LogP contribution in [0.2, 0.25) is 5.02 Å². The Morgan fingerprint density at radius 1 is 1.23 bits per heavy atom. The smallest absolute Gasteiger partial charge is 0.324 e. The lowest BCUT2D eigenvalue weighted by Crippen LogP contribution is -2.32. The first-order valence-electron chi connectivity index (χ1n) is 8.97. The summed E-state index contributed by atoms with van der Waals surface area (Å²) in [5.74, 6) is -0.468. The molecule has 0 aliphatic heterocycles. The molecule has 1 atom stereocenters. The number of likely N-dealkylation sites (N-methyl/N-ethyl adjacent to an activating group) is 1. The Bertz CT molecular complexity index is 1010. The second-order valence-electron chi connectivity index (χ2n) is 6.76. The Hall–Kier alpha value is -2.91. The van der Waals surface area contributed by atoms with Gasteiger partial charge in [0.25, 0.3) is 0 Å². The van der Waals surface area contributed by atoms with E-state index in [1.165, 1.54) is 6.33 Å². The fourth-order valence-electron chi connectivity index (χ4n) is 2.85. The van der Waals surface area contributed by atoms with E-state index in [9.17, 15) is 18.0 Å². The number of nitrogens with zero attached hydrogens (tertiary/aromatic N) is 4. The lowest BCUT2D eigenvalue weighted by atomic mass is 10.1. The zero-order valence-electron chi connectivity index (χ0n) is 16.2. The van der Waals surface area contributed by atoms with Gasteiger partial charge < -0.3 is 5.32 Å². The molecule has 1 heterocycles. The largest absolute Gasteiger partial charge is 0.416 e. The number of aromatic nitrogens is 3. The molecule has 6 nitrogen and oxygen atoms in total. The number of rotatable bonds is 6. The maximum Gasteiger partial charge on any atom is 0.416 e. The fourth-order valence-corrected chi connectivity index (χ4v) is 3.02. The van der Waals surface area contributed by atoms with Crippen LogP contribution in [0.3, 0.4) is 0 Å². The molecule has 0 radical (unpaired) electrons. The van der Waals surface area contributed by atoms with E-state index in [-0.39, 0.29) is 23.3 Å². The molecular weight excluding hydrogens is 419 g/mol. The van der Waals surface area contributed by atoms with Crippen LogP contribution in [0.1, 0.15) is 24.1 Å². The number of hydrogen-bond acceptors (Lipinski definition) is 4. The Morgan fingerprint density at radius 3 is 2.53 bits per heavy atom. The third-order valence-corrected chi connectivity index (χ3v) is 5.01. The van der Waals surface area contributed by atoms with Crippen LogP contribution >= 0.6 is 11.6 Å². The van der Waals surface area contributed by atoms with Crippen molar-refractivity contribution in [2.45, 2.75) is 19.1 Å². The zero-order chi connectivity index (χ0) is 21.9. The van der Waals surface area contributed by atoms with Gasteiger partial charge >= 0.3 is 6.18 Å². The summed E-state index contributed by atoms with van der Waals surface area (Å²) in [5.41, 5.74) is 0.862. The molecule has 10 heteroatoms. The second kappa shape index (κ2) is 8.85. The average Bonchev–Trinajstić information content (AvgIpc) is 3.23. The summed E-state index contributed by atoms with van der Waals surface area (Å²) in [6, 6.07) is 10.3. The number of benzene rings is 2. The van der Waals surface area contributed by atoms with Gasteiger partial charge in [0.05, 0.1) is 28.5 Å². The van der Waals surface area contributed by atoms with Gasteiger partial charge in [-0.1, -0.05) is 23.7 Å². The number of carbonyl (C=O) groups is 1. The number of halogens is 4. The molecule has 30 heavy (non-hydrogen) atoms. The normalized spacial score (nSPS) is 12.8. The van der Waals surface area contributed by atoms with Crippen molar-refractivity contribution in [1.82, 2.24) is 19.7 Å². The molecule has 0 unspecified atom stereocenters. The standard InChI is InChI=1S/C20H19ClF3N5O/c1-13(14-3-6-16(7-4-14)29-12-25-11-26-29)28(2)10-19(30)27-18-9-15(20(22,23)24)5-8-17(18)21/h3-9,11-13H,10H2,1-2H3,(H,27,30)/t13-/m1/s1. The van der Waals surface area contributed by atoms with Gasteiger partial charge in [-0.2, -0.15) is 18.3 Å². The van der Waals surface area contributed by atoms with Gasteiger partial charge in [0.15, 0.2) is 0 Å². The molecule has 0 fully saturated rings. The van der Waals surface area contributed by atoms with Crippen molar-refractivity contribution in [3.63, 3.8) is 0 Å². The van der Waals surface area contributed by atoms with Crippen molar-refractivity contribution in [2.24, 2.45) is 0 Å². The van der Waals surface area contributed by atoms with Gasteiger partial charge in [0, 0.05) is 6.04 Å². The third-order valence-electron chi connectivity index (χ3n) is 4.68. The van der Waals surface area contributed by atoms with E-state index in [1.807, 2.05) is 31.2 Å². The highest BCUT2D eigenvalue weighted by molar-refractivity contribution is 6.33. The molecule has 1 aromatic heterocycles. The third kappa shape index (κ3) is 5.17. The van der Waals surface area contributed by atoms with E-state index in [2.05, 4.69) is 15.4 Å². The summed E-state index contributed by atoms with van der Waals surface area (Å²) in [7, 11) is 1.75. The van der Waals surface area contributed by atoms with Crippen LogP contribution < -0.4 is 5.32 Å². The van der Waals surface area contributed by atoms with E-state index in [0.29, 0.717) is 0 Å². The number of alkyl halides is 3. The maximum absolute atomic E-state index is 12.9. The quantitative estimate of drug-likeness (QED) is 0.613. The summed E-state index contributed by atoms with van der Waals surface area (Å²) in [4.78, 5) is 18.1. The van der Waals surface area contributed by atoms with Crippen molar-refractivity contribution < 1.29 is 18.0 Å². The minimum atomic E-state index is -4.52. The van der Waals surface area contributed by atoms with E-state index in [4.69, 9.17) is 11.6 Å². The zero-order valence-corrected chi connectivity index (χ0v) is 16.9. The molecule has 3 rings (SSSR count). The van der Waals surface area contributed by atoms with Crippen LogP contribution in [0, 0.1) is 0 Å². The first-order chi connectivity index (χ1) is 14.1. The van der Waals surface area contributed by atoms with Gasteiger partial charge in [0.2, 0.25) is 5.91 Å². The first kappa shape index (κ1) is 21.8. The van der Waals surface area contributed by atoms with E-state index < -0.39 is 17.6 Å². The number of anilines is 1. The van der Waals surface area contributed by atoms with Crippen molar-refractivity contribution in [3.05, 3.63) is 71.3 Å². The summed E-state index contributed by atoms with van der Waals surface area (Å²) < 4.78 is 40.3. The van der Waals surface area contributed by atoms with Crippen LogP contribution in [0.15, 0.2) is 55.1 Å². The van der Waals surface area contributed by atoms with E-state index >= 15 is 0 Å². The number of nitrogens with one attached hydrogen (secondary N) is 1. The van der Waals surface area contributed by atoms with Crippen LogP contribution in [0.25, 0.3) is 5.69 Å². The van der Waals surface area contributed by atoms with E-state index in [1.54, 1.807) is 23.0 Å². The maximum atomic E-state index is 12.9. The number of hydrogen-bond donors (Lipinski definition) is 1. The molecule has 0 spiro atoms. The molecule has 1 N–H and O–H groups in total. The highest BCUT2D eigenvalue weighted by atomic mass is 35.5. The minimum absolute atomic E-state index is 0.0292. The molecule has 0 aliphatic rings. The Labute approximate surface area is 176 Å². The minimum Gasteiger partial charge on any atom is -0.324 e. The lowest BCUT2D eigenvalue weighted by molar-refractivity contribution is -0.137. The van der Waals surface area contributed by atoms with Crippen molar-refractivity contribution in [3.8, 4) is 5.69 Å². The SMILES string of the molecule is C[C@H](c1ccc(-n2cncn2)cc1)N(C)CC(=O)Nc1cc(C(F)(F)F)ccc1Cl. The molecule has 0 saturated heterocycles. The predicted molar refractivity (Wildman–Crippen MR) is 107 cm³/mol. The lowest BCUT2D eigenvalue weighted by Gasteiger charge is -2.25. The van der Waals surface area contributed by atoms with Crippen LogP contribution in [-0.4, -0.2) is 39.2 Å². The Morgan fingerprint density at radius 2 is 1.93 bits per heavy atom. The Kier molecular flexibility index (Phi) is 6.42. The summed E-state index contributed by atoms with van der Waals surface area (Å²) >= 11 is 5.94. The summed E-state index contributed by atoms with van der Waals surface area (Å²) in [6.45, 7) is 1.90. The molecule has 1 amide bonds. The van der Waals surface area contributed by atoms with Crippen molar-refractivity contribution in [2.75, 3.05) is 18.9 Å². The van der Waals surface area contributed by atoms with Crippen molar-refractivity contribution >= 4 is 23.2 Å². The highest BCUT2D eigenvalue weighted by Gasteiger charge is 2.31. The van der Waals surface area contributed by atoms with Crippen LogP contribution in [0.5, 0.6) is 0 Å². The van der Waals surface area contributed by atoms with Gasteiger partial charge in [-0.15, -0.1) is 0 Å². The number of amides is 1. The number of carbonyl (C=O) groups excluding carboxylic acids is 1. The molecule has 0 bridgehead atoms. The first-order valence-corrected chi connectivity index (χ1v) is 9.35. The molecule has 0 aliphatic carbocycles. The topological polar surface area (TPSA) is 63.1 Å². The predicted octanol–water partition coefficient (Wildman–Crippen LogP) is 4.57. The van der Waals surface area contributed by atoms with Gasteiger partial charge in [0.1, 0.15) is 12.7 Å². The van der Waals surface area contributed by atoms with Gasteiger partial charge in [-0.3, -0.25) is 9.69 Å². The second-order valence-corrected chi connectivity index (χ2v) is 7.17. The summed E-state index contributed by atoms with van der Waals surface area (Å²) in [6.07, 6.45) is -1.48. The van der Waals surface area contributed by atoms with Crippen LogP contribution in [-0.2, 0) is 11.0 Å². The molecule has 158 valence electrons. The van der Waals surface area contributed by atoms with E-state index in [0.717, 1.165) is 29.4 Å². The monoisotopic (exact) mass is 437 g/mol. The molecular formula is C20H19ClF3N5O. The fraction of sp³-hybridized carbons (Fsp3) is 0.250. The molecule has 2 aromatic carbocycles. The average molecular weight is 438 g/mol. The van der Waals surface area contributed by atoms with Gasteiger partial charge in [-0.25, -0.2) is 9.67 Å². The van der Waals surface area contributed by atoms with Crippen molar-refractivity contribution in [1.29, 1.82) is 0 Å².